The summed E-state index contributed by atoms with van der Waals surface area (Å²) < 4.78 is 5.77. The number of aliphatic hydroxyl groups excluding tert-OH is 1. The molecule has 3 heteroatoms. The van der Waals surface area contributed by atoms with Gasteiger partial charge in [0.25, 0.3) is 0 Å². The van der Waals surface area contributed by atoms with Crippen LogP contribution < -0.4 is 4.74 Å². The summed E-state index contributed by atoms with van der Waals surface area (Å²) in [6.45, 7) is 6.10. The van der Waals surface area contributed by atoms with Crippen molar-refractivity contribution >= 4 is 11.3 Å². The van der Waals surface area contributed by atoms with Crippen LogP contribution in [0.2, 0.25) is 0 Å². The van der Waals surface area contributed by atoms with Crippen LogP contribution in [0.3, 0.4) is 0 Å². The van der Waals surface area contributed by atoms with Gasteiger partial charge in [0.15, 0.2) is 0 Å². The molecule has 1 atom stereocenters. The molecular formula is C16H20O2S. The summed E-state index contributed by atoms with van der Waals surface area (Å²) in [6, 6.07) is 11.8. The molecule has 1 heterocycles. The number of aliphatic hydroxyl groups is 1. The maximum atomic E-state index is 10.5. The Bertz CT molecular complexity index is 531. The molecule has 0 aliphatic rings. The minimum Gasteiger partial charge on any atom is -0.491 e. The number of ether oxygens (including phenoxy) is 1. The normalized spacial score (nSPS) is 12.7. The van der Waals surface area contributed by atoms with Crippen molar-refractivity contribution in [3.05, 3.63) is 51.7 Å². The van der Waals surface area contributed by atoms with Crippen molar-refractivity contribution in [1.29, 1.82) is 0 Å². The number of hydrogen-bond acceptors (Lipinski definition) is 3. The third-order valence-electron chi connectivity index (χ3n) is 2.88. The van der Waals surface area contributed by atoms with Crippen LogP contribution in [-0.2, 0) is 6.42 Å². The van der Waals surface area contributed by atoms with E-state index in [2.05, 4.69) is 13.0 Å². The summed E-state index contributed by atoms with van der Waals surface area (Å²) >= 11 is 1.66. The number of rotatable bonds is 5. The van der Waals surface area contributed by atoms with E-state index in [1.165, 1.54) is 4.88 Å². The van der Waals surface area contributed by atoms with E-state index in [-0.39, 0.29) is 6.10 Å². The lowest BCUT2D eigenvalue weighted by Gasteiger charge is -2.17. The van der Waals surface area contributed by atoms with Crippen LogP contribution in [0.15, 0.2) is 36.4 Å². The van der Waals surface area contributed by atoms with Gasteiger partial charge in [-0.3, -0.25) is 0 Å². The molecule has 0 radical (unpaired) electrons. The Balaban J connectivity index is 2.29. The van der Waals surface area contributed by atoms with Gasteiger partial charge in [-0.05, 0) is 38.5 Å². The first kappa shape index (κ1) is 14.1. The van der Waals surface area contributed by atoms with E-state index in [9.17, 15) is 5.11 Å². The summed E-state index contributed by atoms with van der Waals surface area (Å²) in [4.78, 5) is 2.26. The van der Waals surface area contributed by atoms with E-state index in [1.807, 2.05) is 44.2 Å². The third-order valence-corrected chi connectivity index (χ3v) is 4.16. The average molecular weight is 276 g/mol. The molecule has 1 unspecified atom stereocenters. The van der Waals surface area contributed by atoms with Crippen LogP contribution in [0, 0.1) is 0 Å². The van der Waals surface area contributed by atoms with E-state index in [1.54, 1.807) is 11.3 Å². The molecule has 19 heavy (non-hydrogen) atoms. The van der Waals surface area contributed by atoms with Gasteiger partial charge >= 0.3 is 0 Å². The molecule has 0 saturated heterocycles. The lowest BCUT2D eigenvalue weighted by atomic mass is 10.1. The first-order valence-corrected chi connectivity index (χ1v) is 7.45. The first-order valence-electron chi connectivity index (χ1n) is 6.64. The standard InChI is InChI=1S/C16H20O2S/c1-4-12-9-10-15(19-12)16(17)13-7-5-6-8-14(13)18-11(2)3/h5-11,16-17H,4H2,1-3H3. The van der Waals surface area contributed by atoms with E-state index in [0.717, 1.165) is 22.6 Å². The molecular weight excluding hydrogens is 256 g/mol. The smallest absolute Gasteiger partial charge is 0.125 e. The summed E-state index contributed by atoms with van der Waals surface area (Å²) in [5.74, 6) is 0.761. The number of benzene rings is 1. The fraction of sp³-hybridized carbons (Fsp3) is 0.375. The maximum Gasteiger partial charge on any atom is 0.125 e. The largest absolute Gasteiger partial charge is 0.491 e. The average Bonchev–Trinajstić information content (AvgIpc) is 2.86. The van der Waals surface area contributed by atoms with Gasteiger partial charge in [-0.2, -0.15) is 0 Å². The molecule has 2 aromatic rings. The van der Waals surface area contributed by atoms with E-state index >= 15 is 0 Å². The van der Waals surface area contributed by atoms with E-state index in [0.29, 0.717) is 0 Å². The van der Waals surface area contributed by atoms with Crippen LogP contribution in [0.5, 0.6) is 5.75 Å². The minimum atomic E-state index is -0.611. The van der Waals surface area contributed by atoms with Crippen molar-refractivity contribution in [3.8, 4) is 5.75 Å². The summed E-state index contributed by atoms with van der Waals surface area (Å²) in [5, 5.41) is 10.5. The Hall–Kier alpha value is -1.32. The third kappa shape index (κ3) is 3.37. The molecule has 1 N–H and O–H groups in total. The lowest BCUT2D eigenvalue weighted by molar-refractivity contribution is 0.200. The summed E-state index contributed by atoms with van der Waals surface area (Å²) in [7, 11) is 0. The Morgan fingerprint density at radius 2 is 1.89 bits per heavy atom. The maximum absolute atomic E-state index is 10.5. The molecule has 0 amide bonds. The molecule has 0 aliphatic heterocycles. The highest BCUT2D eigenvalue weighted by atomic mass is 32.1. The van der Waals surface area contributed by atoms with Gasteiger partial charge in [-0.1, -0.05) is 25.1 Å². The molecule has 0 fully saturated rings. The lowest BCUT2D eigenvalue weighted by Crippen LogP contribution is -2.09. The Labute approximate surface area is 118 Å². The minimum absolute atomic E-state index is 0.0999. The Morgan fingerprint density at radius 3 is 2.53 bits per heavy atom. The first-order chi connectivity index (χ1) is 9.11. The zero-order chi connectivity index (χ0) is 13.8. The molecule has 1 aromatic heterocycles. The molecule has 0 bridgehead atoms. The molecule has 2 nitrogen and oxygen atoms in total. The van der Waals surface area contributed by atoms with Gasteiger partial charge in [0, 0.05) is 15.3 Å². The fourth-order valence-electron chi connectivity index (χ4n) is 1.95. The van der Waals surface area contributed by atoms with Crippen molar-refractivity contribution < 1.29 is 9.84 Å². The summed E-state index contributed by atoms with van der Waals surface area (Å²) in [6.07, 6.45) is 0.491. The zero-order valence-corrected chi connectivity index (χ0v) is 12.4. The van der Waals surface area contributed by atoms with Gasteiger partial charge < -0.3 is 9.84 Å². The second-order valence-corrected chi connectivity index (χ2v) is 5.96. The van der Waals surface area contributed by atoms with Crippen LogP contribution >= 0.6 is 11.3 Å². The second-order valence-electron chi connectivity index (χ2n) is 4.76. The van der Waals surface area contributed by atoms with Crippen molar-refractivity contribution in [1.82, 2.24) is 0 Å². The Morgan fingerprint density at radius 1 is 1.16 bits per heavy atom. The fourth-order valence-corrected chi connectivity index (χ4v) is 2.91. The highest BCUT2D eigenvalue weighted by Gasteiger charge is 2.17. The van der Waals surface area contributed by atoms with Crippen molar-refractivity contribution in [2.24, 2.45) is 0 Å². The SMILES string of the molecule is CCc1ccc(C(O)c2ccccc2OC(C)C)s1. The van der Waals surface area contributed by atoms with Crippen molar-refractivity contribution in [2.75, 3.05) is 0 Å². The summed E-state index contributed by atoms with van der Waals surface area (Å²) in [5.41, 5.74) is 0.834. The Kier molecular flexibility index (Phi) is 4.61. The number of aryl methyl sites for hydroxylation is 1. The number of thiophene rings is 1. The van der Waals surface area contributed by atoms with Gasteiger partial charge in [-0.15, -0.1) is 11.3 Å². The van der Waals surface area contributed by atoms with E-state index in [4.69, 9.17) is 4.74 Å². The second kappa shape index (κ2) is 6.22. The molecule has 1 aromatic carbocycles. The predicted molar refractivity (Wildman–Crippen MR) is 80.0 cm³/mol. The van der Waals surface area contributed by atoms with Gasteiger partial charge in [0.2, 0.25) is 0 Å². The topological polar surface area (TPSA) is 29.5 Å². The van der Waals surface area contributed by atoms with Crippen LogP contribution in [0.4, 0.5) is 0 Å². The van der Waals surface area contributed by atoms with Crippen molar-refractivity contribution in [3.63, 3.8) is 0 Å². The number of para-hydroxylation sites is 1. The quantitative estimate of drug-likeness (QED) is 0.887. The van der Waals surface area contributed by atoms with Gasteiger partial charge in [0.05, 0.1) is 6.10 Å². The van der Waals surface area contributed by atoms with Crippen LogP contribution in [-0.4, -0.2) is 11.2 Å². The molecule has 102 valence electrons. The van der Waals surface area contributed by atoms with E-state index < -0.39 is 6.10 Å². The molecule has 0 spiro atoms. The van der Waals surface area contributed by atoms with Crippen molar-refractivity contribution in [2.45, 2.75) is 39.4 Å². The monoisotopic (exact) mass is 276 g/mol. The highest BCUT2D eigenvalue weighted by Crippen LogP contribution is 2.34. The predicted octanol–water partition coefficient (Wildman–Crippen LogP) is 4.18. The zero-order valence-electron chi connectivity index (χ0n) is 11.6. The van der Waals surface area contributed by atoms with Crippen LogP contribution in [0.1, 0.15) is 42.2 Å². The van der Waals surface area contributed by atoms with Gasteiger partial charge in [0.1, 0.15) is 11.9 Å². The molecule has 2 rings (SSSR count). The molecule has 0 saturated carbocycles. The molecule has 0 aliphatic carbocycles. The van der Waals surface area contributed by atoms with Crippen LogP contribution in [0.25, 0.3) is 0 Å². The highest BCUT2D eigenvalue weighted by molar-refractivity contribution is 7.12. The van der Waals surface area contributed by atoms with Gasteiger partial charge in [-0.25, -0.2) is 0 Å². The number of hydrogen-bond donors (Lipinski definition) is 1.